The molecule has 0 radical (unpaired) electrons. The van der Waals surface area contributed by atoms with Gasteiger partial charge in [0.15, 0.2) is 0 Å². The van der Waals surface area contributed by atoms with Crippen molar-refractivity contribution in [1.82, 2.24) is 4.90 Å². The summed E-state index contributed by atoms with van der Waals surface area (Å²) in [5, 5.41) is 4.52. The van der Waals surface area contributed by atoms with Crippen molar-refractivity contribution in [2.75, 3.05) is 33.2 Å². The molecule has 14 heavy (non-hydrogen) atoms. The molecule has 0 aromatic heterocycles. The second-order valence-corrected chi connectivity index (χ2v) is 4.20. The van der Waals surface area contributed by atoms with E-state index in [0.717, 1.165) is 13.1 Å². The van der Waals surface area contributed by atoms with Crippen molar-refractivity contribution in [2.45, 2.75) is 33.1 Å². The summed E-state index contributed by atoms with van der Waals surface area (Å²) in [4.78, 5) is 2.45. The van der Waals surface area contributed by atoms with Crippen LogP contribution in [0.15, 0.2) is 0 Å². The Morgan fingerprint density at radius 3 is 2.43 bits per heavy atom. The first kappa shape index (κ1) is 14.6. The first-order valence-corrected chi connectivity index (χ1v) is 5.63. The summed E-state index contributed by atoms with van der Waals surface area (Å²) in [5.74, 6) is 0. The van der Waals surface area contributed by atoms with E-state index in [9.17, 15) is 0 Å². The summed E-state index contributed by atoms with van der Waals surface area (Å²) >= 11 is 0. The third kappa shape index (κ3) is 3.64. The van der Waals surface area contributed by atoms with Crippen LogP contribution >= 0.6 is 0 Å². The van der Waals surface area contributed by atoms with Crippen LogP contribution in [0.5, 0.6) is 0 Å². The average Bonchev–Trinajstić information content (AvgIpc) is 2.52. The predicted molar refractivity (Wildman–Crippen MR) is 59.3 cm³/mol. The van der Waals surface area contributed by atoms with Gasteiger partial charge in [0.2, 0.25) is 0 Å². The molecular weight excluding hydrogens is 344 g/mol. The van der Waals surface area contributed by atoms with Gasteiger partial charge in [0.25, 0.3) is 0 Å². The van der Waals surface area contributed by atoms with Crippen LogP contribution in [0.25, 0.3) is 5.32 Å². The van der Waals surface area contributed by atoms with Gasteiger partial charge < -0.3 is 11.6 Å². The third-order valence-electron chi connectivity index (χ3n) is 3.10. The zero-order valence-electron chi connectivity index (χ0n) is 10.8. The molecular formula is C11H24N2W-2. The van der Waals surface area contributed by atoms with Crippen molar-refractivity contribution in [3.63, 3.8) is 0 Å². The van der Waals surface area contributed by atoms with Crippen LogP contribution in [0, 0.1) is 5.41 Å². The van der Waals surface area contributed by atoms with Gasteiger partial charge in [0.05, 0.1) is 0 Å². The molecule has 2 nitrogen and oxygen atoms in total. The van der Waals surface area contributed by atoms with Crippen molar-refractivity contribution in [3.8, 4) is 0 Å². The fourth-order valence-electron chi connectivity index (χ4n) is 2.45. The number of nitrogens with zero attached hydrogens (tertiary/aromatic N) is 2. The molecule has 0 aromatic rings. The Kier molecular flexibility index (Phi) is 7.28. The standard InChI is InChI=1S/C9H17N2.C2H6.W.H/c1-11-6-4-9(8-11)3-2-5-10-7-9;1-2;;/h2-8H2,1H3;1-2H3;;/q-1;;;-1/i;;;1+1. The Labute approximate surface area is 105 Å². The number of piperidine rings is 1. The Morgan fingerprint density at radius 2 is 2.00 bits per heavy atom. The molecule has 2 aliphatic rings. The van der Waals surface area contributed by atoms with E-state index < -0.39 is 0 Å². The Balaban J connectivity index is 0. The average molecular weight is 369 g/mol. The van der Waals surface area contributed by atoms with Crippen molar-refractivity contribution in [2.24, 2.45) is 5.41 Å². The van der Waals surface area contributed by atoms with Gasteiger partial charge in [-0.05, 0) is 31.8 Å². The van der Waals surface area contributed by atoms with Crippen LogP contribution in [-0.4, -0.2) is 38.1 Å². The number of rotatable bonds is 0. The Bertz CT molecular complexity index is 144. The molecule has 1 unspecified atom stereocenters. The second-order valence-electron chi connectivity index (χ2n) is 4.20. The normalized spacial score (nSPS) is 31.9. The molecule has 0 saturated carbocycles. The maximum atomic E-state index is 4.52. The number of hydrogen-bond donors (Lipinski definition) is 0. The predicted octanol–water partition coefficient (Wildman–Crippen LogP) is 2.61. The van der Waals surface area contributed by atoms with Gasteiger partial charge >= 0.3 is 0 Å². The first-order valence-electron chi connectivity index (χ1n) is 5.63. The molecule has 0 aromatic carbocycles. The topological polar surface area (TPSA) is 17.3 Å². The molecule has 2 rings (SSSR count). The SMILES string of the molecule is CC.CN1CCC2(CCC[N-]C2)C1.[2H-].[W]. The Morgan fingerprint density at radius 1 is 1.29 bits per heavy atom. The van der Waals surface area contributed by atoms with E-state index in [1.165, 1.54) is 32.4 Å². The monoisotopic (exact) mass is 369 g/mol. The van der Waals surface area contributed by atoms with E-state index in [-0.39, 0.29) is 22.5 Å². The van der Waals surface area contributed by atoms with Crippen molar-refractivity contribution < 1.29 is 22.5 Å². The van der Waals surface area contributed by atoms with Crippen LogP contribution in [0.1, 0.15) is 34.5 Å². The quantitative estimate of drug-likeness (QED) is 0.642. The maximum absolute atomic E-state index is 4.52. The van der Waals surface area contributed by atoms with Crippen molar-refractivity contribution in [1.29, 1.82) is 0 Å². The van der Waals surface area contributed by atoms with Crippen LogP contribution in [0.4, 0.5) is 0 Å². The van der Waals surface area contributed by atoms with Crippen LogP contribution in [0.2, 0.25) is 0 Å². The zero-order valence-corrected chi connectivity index (χ0v) is 12.7. The molecule has 1 spiro atoms. The summed E-state index contributed by atoms with van der Waals surface area (Å²) < 4.78 is 0. The van der Waals surface area contributed by atoms with Gasteiger partial charge in [0, 0.05) is 27.6 Å². The van der Waals surface area contributed by atoms with Crippen LogP contribution < -0.4 is 0 Å². The van der Waals surface area contributed by atoms with Gasteiger partial charge in [-0.3, -0.25) is 0 Å². The van der Waals surface area contributed by atoms with Crippen LogP contribution in [0.3, 0.4) is 0 Å². The first-order chi connectivity index (χ1) is 6.31. The van der Waals surface area contributed by atoms with Gasteiger partial charge in [0.1, 0.15) is 0 Å². The summed E-state index contributed by atoms with van der Waals surface area (Å²) in [6, 6.07) is 0. The smallest absolute Gasteiger partial charge is 0.00189 e. The molecule has 0 N–H and O–H groups in total. The molecule has 2 fully saturated rings. The molecule has 0 bridgehead atoms. The van der Waals surface area contributed by atoms with E-state index in [2.05, 4.69) is 17.3 Å². The summed E-state index contributed by atoms with van der Waals surface area (Å²) in [6.45, 7) is 8.83. The minimum atomic E-state index is 0. The molecule has 0 aliphatic carbocycles. The third-order valence-corrected chi connectivity index (χ3v) is 3.10. The van der Waals surface area contributed by atoms with E-state index >= 15 is 0 Å². The Hall–Kier alpha value is 0.608. The van der Waals surface area contributed by atoms with Gasteiger partial charge in [-0.25, -0.2) is 0 Å². The largest absolute Gasteiger partial charge is 1.00 e. The second kappa shape index (κ2) is 6.98. The van der Waals surface area contributed by atoms with Gasteiger partial charge in [-0.2, -0.15) is 0 Å². The molecule has 1 atom stereocenters. The molecule has 2 saturated heterocycles. The minimum absolute atomic E-state index is 0. The van der Waals surface area contributed by atoms with Gasteiger partial charge in [-0.1, -0.05) is 20.3 Å². The van der Waals surface area contributed by atoms with Crippen molar-refractivity contribution >= 4 is 0 Å². The fourth-order valence-corrected chi connectivity index (χ4v) is 2.45. The van der Waals surface area contributed by atoms with E-state index in [4.69, 9.17) is 0 Å². The summed E-state index contributed by atoms with van der Waals surface area (Å²) in [5.41, 5.74) is 0.604. The number of hydrogen-bond acceptors (Lipinski definition) is 1. The van der Waals surface area contributed by atoms with E-state index in [1.54, 1.807) is 0 Å². The van der Waals surface area contributed by atoms with E-state index in [0.29, 0.717) is 5.41 Å². The fraction of sp³-hybridized carbons (Fsp3) is 1.00. The van der Waals surface area contributed by atoms with E-state index in [1.807, 2.05) is 13.8 Å². The minimum Gasteiger partial charge on any atom is -1.00 e. The molecule has 86 valence electrons. The van der Waals surface area contributed by atoms with Crippen molar-refractivity contribution in [3.05, 3.63) is 5.32 Å². The zero-order chi connectivity index (χ0) is 9.73. The molecule has 2 aliphatic heterocycles. The maximum Gasteiger partial charge on any atom is 0.00189 e. The van der Waals surface area contributed by atoms with Gasteiger partial charge in [-0.15, -0.1) is 13.1 Å². The molecule has 3 heteroatoms. The molecule has 2 heterocycles. The summed E-state index contributed by atoms with van der Waals surface area (Å²) in [6.07, 6.45) is 4.13. The van der Waals surface area contributed by atoms with Crippen LogP contribution in [-0.2, 0) is 21.1 Å². The molecule has 0 amide bonds. The summed E-state index contributed by atoms with van der Waals surface area (Å²) in [7, 11) is 2.23. The number of likely N-dealkylation sites (tertiary alicyclic amines) is 1.